The first-order valence-corrected chi connectivity index (χ1v) is 10.2. The van der Waals surface area contributed by atoms with Gasteiger partial charge in [0.05, 0.1) is 0 Å². The molecule has 0 unspecified atom stereocenters. The zero-order valence-corrected chi connectivity index (χ0v) is 22.3. The van der Waals surface area contributed by atoms with Crippen molar-refractivity contribution in [3.63, 3.8) is 0 Å². The maximum atomic E-state index is 12.4. The molecule has 0 fully saturated rings. The van der Waals surface area contributed by atoms with Gasteiger partial charge in [-0.05, 0) is 50.8 Å². The van der Waals surface area contributed by atoms with E-state index in [2.05, 4.69) is 26.8 Å². The molecule has 0 atom stereocenters. The Balaban J connectivity index is 0.00000261. The molecule has 0 aromatic heterocycles. The van der Waals surface area contributed by atoms with Crippen molar-refractivity contribution in [1.82, 2.24) is 0 Å². The van der Waals surface area contributed by atoms with Crippen molar-refractivity contribution in [2.75, 3.05) is 0 Å². The van der Waals surface area contributed by atoms with Gasteiger partial charge < -0.3 is 24.8 Å². The summed E-state index contributed by atoms with van der Waals surface area (Å²) in [5, 5.41) is 0. The second kappa shape index (κ2) is 9.36. The molecule has 0 radical (unpaired) electrons. The number of hydrogen-bond donors (Lipinski definition) is 1. The van der Waals surface area contributed by atoms with Gasteiger partial charge in [0, 0.05) is 5.57 Å². The quantitative estimate of drug-likeness (QED) is 0.526. The maximum Gasteiger partial charge on any atom is 2.00 e. The molecule has 156 valence electrons. The summed E-state index contributed by atoms with van der Waals surface area (Å²) in [6.45, 7) is 12.1. The van der Waals surface area contributed by atoms with Gasteiger partial charge in [0.25, 0.3) is 10.1 Å². The van der Waals surface area contributed by atoms with Crippen LogP contribution in [0.2, 0.25) is 0 Å². The van der Waals surface area contributed by atoms with Crippen molar-refractivity contribution >= 4 is 15.7 Å². The molecule has 7 heteroatoms. The van der Waals surface area contributed by atoms with Crippen LogP contribution in [0.5, 0.6) is 0 Å². The van der Waals surface area contributed by atoms with Crippen molar-refractivity contribution in [2.45, 2.75) is 41.5 Å². The molecule has 0 saturated carbocycles. The van der Waals surface area contributed by atoms with Gasteiger partial charge in [-0.25, -0.2) is 0 Å². The third-order valence-electron chi connectivity index (χ3n) is 4.84. The van der Waals surface area contributed by atoms with Crippen molar-refractivity contribution in [3.8, 4) is 0 Å². The Labute approximate surface area is 206 Å². The summed E-state index contributed by atoms with van der Waals surface area (Å²) in [6, 6.07) is 9.96. The van der Waals surface area contributed by atoms with E-state index < -0.39 is 15.5 Å². The van der Waals surface area contributed by atoms with Crippen LogP contribution in [-0.2, 0) is 36.3 Å². The molecular weight excluding hydrogens is 506 g/mol. The van der Waals surface area contributed by atoms with Crippen molar-refractivity contribution in [3.05, 3.63) is 75.2 Å². The Morgan fingerprint density at radius 1 is 0.759 bits per heavy atom. The zero-order chi connectivity index (χ0) is 19.5. The fourth-order valence-electron chi connectivity index (χ4n) is 3.59. The molecule has 2 aliphatic rings. The Kier molecular flexibility index (Phi) is 9.22. The van der Waals surface area contributed by atoms with Crippen LogP contribution in [0.15, 0.2) is 69.7 Å². The molecule has 0 spiro atoms. The van der Waals surface area contributed by atoms with Gasteiger partial charge in [-0.1, -0.05) is 71.9 Å². The number of benzene rings is 1. The number of fused-ring (bicyclic) bond motifs is 1. The van der Waals surface area contributed by atoms with Crippen molar-refractivity contribution < 1.29 is 64.0 Å². The molecule has 1 aromatic rings. The van der Waals surface area contributed by atoms with Gasteiger partial charge in [0.2, 0.25) is 0 Å². The smallest absolute Gasteiger partial charge is 1.00 e. The van der Waals surface area contributed by atoms with Crippen molar-refractivity contribution in [2.24, 2.45) is 10.8 Å². The van der Waals surface area contributed by atoms with E-state index in [0.29, 0.717) is 11.1 Å². The first-order valence-electron chi connectivity index (χ1n) is 8.79. The Hall–Kier alpha value is -0.447. The predicted molar refractivity (Wildman–Crippen MR) is 107 cm³/mol. The van der Waals surface area contributed by atoms with Gasteiger partial charge in [0.15, 0.2) is 0 Å². The minimum atomic E-state index is -4.35. The third kappa shape index (κ3) is 5.43. The second-order valence-corrected chi connectivity index (χ2v) is 10.3. The summed E-state index contributed by atoms with van der Waals surface area (Å²) in [5.74, 6) is 0. The number of rotatable bonds is 2. The predicted octanol–water partition coefficient (Wildman–Crippen LogP) is -0.440. The average molecular weight is 533 g/mol. The Bertz CT molecular complexity index is 1000. The largest absolute Gasteiger partial charge is 2.00 e. The summed E-state index contributed by atoms with van der Waals surface area (Å²) in [7, 11) is -4.35. The van der Waals surface area contributed by atoms with E-state index in [0.717, 1.165) is 22.3 Å². The SMILES string of the molecule is CC(C)(C)C1=C2C(=CC(C(C)(C)C)=C2S(=O)(=O)O)C(c2ccccc2)=C1.[Cl-].[Cl-].[Zr+2]. The van der Waals surface area contributed by atoms with Crippen LogP contribution in [0.4, 0.5) is 0 Å². The molecule has 0 aliphatic heterocycles. The molecule has 3 rings (SSSR count). The zero-order valence-electron chi connectivity index (χ0n) is 17.5. The number of halogens is 2. The number of allylic oxidation sites excluding steroid dienone is 7. The minimum absolute atomic E-state index is 0. The summed E-state index contributed by atoms with van der Waals surface area (Å²) >= 11 is 0. The third-order valence-corrected chi connectivity index (χ3v) is 5.78. The van der Waals surface area contributed by atoms with Gasteiger partial charge in [-0.3, -0.25) is 4.55 Å². The van der Waals surface area contributed by atoms with E-state index in [9.17, 15) is 13.0 Å². The summed E-state index contributed by atoms with van der Waals surface area (Å²) in [4.78, 5) is 0.0621. The van der Waals surface area contributed by atoms with Crippen LogP contribution >= 0.6 is 0 Å². The van der Waals surface area contributed by atoms with Gasteiger partial charge in [0.1, 0.15) is 4.91 Å². The van der Waals surface area contributed by atoms with E-state index in [1.807, 2.05) is 57.2 Å². The van der Waals surface area contributed by atoms with Gasteiger partial charge in [-0.2, -0.15) is 8.42 Å². The maximum absolute atomic E-state index is 12.4. The van der Waals surface area contributed by atoms with Crippen LogP contribution in [0.25, 0.3) is 5.57 Å². The van der Waals surface area contributed by atoms with E-state index in [-0.39, 0.29) is 61.3 Å². The first kappa shape index (κ1) is 28.6. The fraction of sp³-hybridized carbons (Fsp3) is 0.364. The van der Waals surface area contributed by atoms with Gasteiger partial charge in [-0.15, -0.1) is 0 Å². The summed E-state index contributed by atoms with van der Waals surface area (Å²) in [6.07, 6.45) is 4.01. The molecule has 29 heavy (non-hydrogen) atoms. The van der Waals surface area contributed by atoms with E-state index >= 15 is 0 Å². The molecule has 1 N–H and O–H groups in total. The standard InChI is InChI=1S/C22H26O3S.2ClH.Zr/c1-21(2,3)17-12-15(14-10-8-7-9-11-14)16-13-18(22(4,5)6)20(19(16)17)26(23,24)25;;;/h7-13H,1-6H3,(H,23,24,25);2*1H;/q;;;+2/p-2. The van der Waals surface area contributed by atoms with Crippen LogP contribution in [0.1, 0.15) is 47.1 Å². The Morgan fingerprint density at radius 3 is 1.62 bits per heavy atom. The molecular formula is C22H26Cl2O3SZr. The fourth-order valence-corrected chi connectivity index (χ4v) is 4.71. The average Bonchev–Trinajstić information content (AvgIpc) is 3.02. The molecule has 3 nitrogen and oxygen atoms in total. The normalized spacial score (nSPS) is 16.4. The topological polar surface area (TPSA) is 54.4 Å². The van der Waals surface area contributed by atoms with Crippen LogP contribution in [0, 0.1) is 10.8 Å². The van der Waals surface area contributed by atoms with Crippen molar-refractivity contribution in [1.29, 1.82) is 0 Å². The monoisotopic (exact) mass is 530 g/mol. The molecule has 0 amide bonds. The van der Waals surface area contributed by atoms with Crippen LogP contribution in [0.3, 0.4) is 0 Å². The van der Waals surface area contributed by atoms with Gasteiger partial charge >= 0.3 is 26.2 Å². The number of hydrogen-bond acceptors (Lipinski definition) is 2. The van der Waals surface area contributed by atoms with Crippen LogP contribution < -0.4 is 24.8 Å². The molecule has 0 saturated heterocycles. The Morgan fingerprint density at radius 2 is 1.21 bits per heavy atom. The molecule has 0 heterocycles. The van der Waals surface area contributed by atoms with E-state index in [1.165, 1.54) is 0 Å². The summed E-state index contributed by atoms with van der Waals surface area (Å²) in [5.41, 5.74) is 4.53. The summed E-state index contributed by atoms with van der Waals surface area (Å²) < 4.78 is 34.8. The van der Waals surface area contributed by atoms with Crippen LogP contribution in [-0.4, -0.2) is 13.0 Å². The second-order valence-electron chi connectivity index (χ2n) is 8.99. The molecule has 2 aliphatic carbocycles. The molecule has 0 bridgehead atoms. The first-order chi connectivity index (χ1) is 11.8. The minimum Gasteiger partial charge on any atom is -1.00 e. The van der Waals surface area contributed by atoms with E-state index in [1.54, 1.807) is 0 Å². The van der Waals surface area contributed by atoms with E-state index in [4.69, 9.17) is 0 Å². The molecule has 1 aromatic carbocycles.